The lowest BCUT2D eigenvalue weighted by Gasteiger charge is -2.60. The molecular formula is C28H37NO2. The van der Waals surface area contributed by atoms with Crippen molar-refractivity contribution in [3.63, 3.8) is 0 Å². The lowest BCUT2D eigenvalue weighted by atomic mass is 9.45. The van der Waals surface area contributed by atoms with E-state index in [0.29, 0.717) is 11.3 Å². The fourth-order valence-corrected chi connectivity index (χ4v) is 8.23. The van der Waals surface area contributed by atoms with Crippen LogP contribution in [0.5, 0.6) is 0 Å². The fraction of sp³-hybridized carbons (Fsp3) is 0.643. The first kappa shape index (κ1) is 21.0. The van der Waals surface area contributed by atoms with Gasteiger partial charge in [0.15, 0.2) is 0 Å². The van der Waals surface area contributed by atoms with Crippen LogP contribution in [0.1, 0.15) is 77.2 Å². The Bertz CT molecular complexity index is 890. The van der Waals surface area contributed by atoms with Crippen molar-refractivity contribution < 1.29 is 9.59 Å². The molecule has 0 saturated heterocycles. The second-order valence-corrected chi connectivity index (χ2v) is 11.3. The van der Waals surface area contributed by atoms with Gasteiger partial charge in [0.25, 0.3) is 5.91 Å². The van der Waals surface area contributed by atoms with Crippen LogP contribution in [0.2, 0.25) is 0 Å². The number of benzene rings is 1. The minimum Gasteiger partial charge on any atom is -0.292 e. The normalized spacial score (nSPS) is 39.0. The molecule has 0 aromatic heterocycles. The molecule has 0 unspecified atom stereocenters. The molecule has 1 N–H and O–H groups in total. The molecule has 3 saturated carbocycles. The Hall–Kier alpha value is -1.90. The molecule has 3 fully saturated rings. The molecule has 1 aromatic rings. The van der Waals surface area contributed by atoms with Gasteiger partial charge in [-0.25, -0.2) is 0 Å². The molecule has 4 aliphatic carbocycles. The van der Waals surface area contributed by atoms with Gasteiger partial charge in [-0.05, 0) is 79.6 Å². The van der Waals surface area contributed by atoms with E-state index in [2.05, 4.69) is 25.2 Å². The SMILES string of the molecule is C[C@]12CCCC[C@@H]1CC[C@@H]1[C@@H]2CC[C@]2(C)C(C(=O)NC(=O)Cc3ccccc3)=CC[C@@H]12. The molecule has 3 heteroatoms. The Morgan fingerprint density at radius 2 is 1.77 bits per heavy atom. The highest BCUT2D eigenvalue weighted by Crippen LogP contribution is 2.66. The Morgan fingerprint density at radius 1 is 0.968 bits per heavy atom. The summed E-state index contributed by atoms with van der Waals surface area (Å²) in [7, 11) is 0. The molecule has 1 aromatic carbocycles. The van der Waals surface area contributed by atoms with Crippen molar-refractivity contribution >= 4 is 11.8 Å². The van der Waals surface area contributed by atoms with Gasteiger partial charge in [-0.3, -0.25) is 14.9 Å². The van der Waals surface area contributed by atoms with Crippen molar-refractivity contribution in [2.24, 2.45) is 34.5 Å². The smallest absolute Gasteiger partial charge is 0.254 e. The summed E-state index contributed by atoms with van der Waals surface area (Å²) in [6.07, 6.45) is 14.1. The van der Waals surface area contributed by atoms with Gasteiger partial charge in [0.2, 0.25) is 5.91 Å². The molecule has 31 heavy (non-hydrogen) atoms. The number of imide groups is 1. The lowest BCUT2D eigenvalue weighted by Crippen LogP contribution is -2.53. The van der Waals surface area contributed by atoms with Crippen molar-refractivity contribution in [2.45, 2.75) is 78.1 Å². The van der Waals surface area contributed by atoms with E-state index < -0.39 is 0 Å². The zero-order valence-corrected chi connectivity index (χ0v) is 19.2. The second-order valence-electron chi connectivity index (χ2n) is 11.3. The van der Waals surface area contributed by atoms with Crippen molar-refractivity contribution in [3.8, 4) is 0 Å². The summed E-state index contributed by atoms with van der Waals surface area (Å²) < 4.78 is 0. The van der Waals surface area contributed by atoms with Crippen molar-refractivity contribution in [3.05, 3.63) is 47.5 Å². The number of hydrogen-bond acceptors (Lipinski definition) is 2. The summed E-state index contributed by atoms with van der Waals surface area (Å²) in [5.74, 6) is 2.69. The lowest BCUT2D eigenvalue weighted by molar-refractivity contribution is -0.130. The van der Waals surface area contributed by atoms with Crippen LogP contribution in [0.4, 0.5) is 0 Å². The number of rotatable bonds is 3. The predicted octanol–water partition coefficient (Wildman–Crippen LogP) is 5.84. The van der Waals surface area contributed by atoms with E-state index >= 15 is 0 Å². The molecule has 6 atom stereocenters. The number of amides is 2. The largest absolute Gasteiger partial charge is 0.292 e. The number of fused-ring (bicyclic) bond motifs is 5. The van der Waals surface area contributed by atoms with Crippen molar-refractivity contribution in [1.82, 2.24) is 5.32 Å². The van der Waals surface area contributed by atoms with E-state index in [9.17, 15) is 9.59 Å². The quantitative estimate of drug-likeness (QED) is 0.669. The molecule has 0 bridgehead atoms. The zero-order valence-electron chi connectivity index (χ0n) is 19.2. The molecule has 4 aliphatic rings. The van der Waals surface area contributed by atoms with Gasteiger partial charge in [-0.2, -0.15) is 0 Å². The molecular weight excluding hydrogens is 382 g/mol. The molecule has 3 nitrogen and oxygen atoms in total. The van der Waals surface area contributed by atoms with Crippen LogP contribution in [-0.2, 0) is 16.0 Å². The van der Waals surface area contributed by atoms with Gasteiger partial charge in [-0.1, -0.05) is 63.1 Å². The summed E-state index contributed by atoms with van der Waals surface area (Å²) in [5.41, 5.74) is 2.26. The molecule has 0 radical (unpaired) electrons. The van der Waals surface area contributed by atoms with E-state index in [0.717, 1.165) is 41.7 Å². The number of allylic oxidation sites excluding steroid dienone is 1. The maximum atomic E-state index is 13.2. The van der Waals surface area contributed by atoms with Crippen LogP contribution < -0.4 is 5.32 Å². The Balaban J connectivity index is 1.29. The van der Waals surface area contributed by atoms with E-state index in [1.165, 1.54) is 44.9 Å². The highest BCUT2D eigenvalue weighted by Gasteiger charge is 2.58. The Morgan fingerprint density at radius 3 is 2.58 bits per heavy atom. The zero-order chi connectivity index (χ0) is 21.6. The van der Waals surface area contributed by atoms with Gasteiger partial charge in [-0.15, -0.1) is 0 Å². The van der Waals surface area contributed by atoms with Crippen molar-refractivity contribution in [2.75, 3.05) is 0 Å². The highest BCUT2D eigenvalue weighted by molar-refractivity contribution is 6.05. The maximum absolute atomic E-state index is 13.2. The van der Waals surface area contributed by atoms with Crippen molar-refractivity contribution in [1.29, 1.82) is 0 Å². The van der Waals surface area contributed by atoms with Crippen LogP contribution in [0.15, 0.2) is 42.0 Å². The van der Waals surface area contributed by atoms with Gasteiger partial charge in [0.1, 0.15) is 0 Å². The molecule has 5 rings (SSSR count). The Labute approximate surface area is 187 Å². The number of carbonyl (C=O) groups is 2. The third-order valence-electron chi connectivity index (χ3n) is 9.87. The summed E-state index contributed by atoms with van der Waals surface area (Å²) in [6, 6.07) is 9.65. The fourth-order valence-electron chi connectivity index (χ4n) is 8.23. The van der Waals surface area contributed by atoms with Crippen LogP contribution in [0.25, 0.3) is 0 Å². The minimum absolute atomic E-state index is 0.0733. The van der Waals surface area contributed by atoms with Crippen LogP contribution in [0, 0.1) is 34.5 Å². The minimum atomic E-state index is -0.201. The summed E-state index contributed by atoms with van der Waals surface area (Å²) >= 11 is 0. The predicted molar refractivity (Wildman–Crippen MR) is 123 cm³/mol. The molecule has 2 amide bonds. The summed E-state index contributed by atoms with van der Waals surface area (Å²) in [4.78, 5) is 25.7. The van der Waals surface area contributed by atoms with E-state index in [-0.39, 0.29) is 23.7 Å². The van der Waals surface area contributed by atoms with E-state index in [1.54, 1.807) is 0 Å². The average molecular weight is 420 g/mol. The van der Waals surface area contributed by atoms with Crippen LogP contribution in [-0.4, -0.2) is 11.8 Å². The van der Waals surface area contributed by atoms with Gasteiger partial charge in [0.05, 0.1) is 6.42 Å². The van der Waals surface area contributed by atoms with E-state index in [1.807, 2.05) is 30.3 Å². The van der Waals surface area contributed by atoms with Gasteiger partial charge >= 0.3 is 0 Å². The third-order valence-corrected chi connectivity index (χ3v) is 9.87. The summed E-state index contributed by atoms with van der Waals surface area (Å²) in [6.45, 7) is 4.90. The third kappa shape index (κ3) is 3.49. The topological polar surface area (TPSA) is 46.2 Å². The van der Waals surface area contributed by atoms with Crippen LogP contribution in [0.3, 0.4) is 0 Å². The van der Waals surface area contributed by atoms with Gasteiger partial charge < -0.3 is 0 Å². The number of hydrogen-bond donors (Lipinski definition) is 1. The standard InChI is InChI=1S/C28H37NO2/c1-27-16-7-6-10-20(27)11-12-21-22-13-14-24(28(22,2)17-15-23(21)27)26(31)29-25(30)18-19-8-4-3-5-9-19/h3-5,8-9,14,20-23H,6-7,10-13,15-18H2,1-2H3,(H,29,30,31)/t20-,21+,22+,23+,27+,28+/m1/s1. The monoisotopic (exact) mass is 419 g/mol. The molecule has 0 aliphatic heterocycles. The van der Waals surface area contributed by atoms with E-state index in [4.69, 9.17) is 0 Å². The number of nitrogens with one attached hydrogen (secondary N) is 1. The molecule has 0 spiro atoms. The van der Waals surface area contributed by atoms with Crippen LogP contribution >= 0.6 is 0 Å². The highest BCUT2D eigenvalue weighted by atomic mass is 16.2. The molecule has 0 heterocycles. The molecule has 166 valence electrons. The number of carbonyl (C=O) groups excluding carboxylic acids is 2. The second kappa shape index (κ2) is 7.90. The average Bonchev–Trinajstić information content (AvgIpc) is 3.11. The van der Waals surface area contributed by atoms with Gasteiger partial charge in [0, 0.05) is 11.0 Å². The first-order valence-corrected chi connectivity index (χ1v) is 12.5. The summed E-state index contributed by atoms with van der Waals surface area (Å²) in [5, 5.41) is 2.71. The maximum Gasteiger partial charge on any atom is 0.254 e. The Kier molecular flexibility index (Phi) is 5.35. The first-order valence-electron chi connectivity index (χ1n) is 12.5. The first-order chi connectivity index (χ1) is 14.9.